The summed E-state index contributed by atoms with van der Waals surface area (Å²) in [5.41, 5.74) is 5.36. The number of hydrogen-bond acceptors (Lipinski definition) is 5. The second-order valence-electron chi connectivity index (χ2n) is 8.46. The average molecular weight is 419 g/mol. The quantitative estimate of drug-likeness (QED) is 0.472. The van der Waals surface area contributed by atoms with E-state index in [0.717, 1.165) is 39.4 Å². The third-order valence-electron chi connectivity index (χ3n) is 5.79. The molecular formula is C23H26N6O2. The molecule has 1 aliphatic heterocycles. The van der Waals surface area contributed by atoms with Gasteiger partial charge in [0.2, 0.25) is 5.91 Å². The van der Waals surface area contributed by atoms with E-state index in [1.54, 1.807) is 4.90 Å². The number of carbonyl (C=O) groups excluding carboxylic acids is 1. The first-order chi connectivity index (χ1) is 14.9. The first kappa shape index (κ1) is 19.6. The minimum atomic E-state index is -0.561. The molecule has 1 aromatic carbocycles. The van der Waals surface area contributed by atoms with Gasteiger partial charge in [-0.15, -0.1) is 0 Å². The number of nitrogens with zero attached hydrogens (tertiary/aromatic N) is 4. The average Bonchev–Trinajstić information content (AvgIpc) is 3.43. The van der Waals surface area contributed by atoms with Gasteiger partial charge in [-0.05, 0) is 32.0 Å². The molecule has 31 heavy (non-hydrogen) atoms. The van der Waals surface area contributed by atoms with E-state index in [4.69, 9.17) is 4.98 Å². The van der Waals surface area contributed by atoms with Gasteiger partial charge in [-0.3, -0.25) is 9.20 Å². The van der Waals surface area contributed by atoms with Crippen molar-refractivity contribution in [1.82, 2.24) is 24.3 Å². The number of rotatable bonds is 4. The molecule has 1 aliphatic rings. The SMILES string of the molecule is CC(=O)N1CC(O)CC1c1nc(-c2ccc(NC(C)C)cc2)c2cnc3[nH]ccc3n12. The maximum absolute atomic E-state index is 12.3. The number of imidazole rings is 1. The Morgan fingerprint density at radius 1 is 1.23 bits per heavy atom. The Morgan fingerprint density at radius 3 is 2.71 bits per heavy atom. The summed E-state index contributed by atoms with van der Waals surface area (Å²) in [5.74, 6) is 0.677. The number of aromatic amines is 1. The maximum Gasteiger partial charge on any atom is 0.220 e. The lowest BCUT2D eigenvalue weighted by atomic mass is 10.1. The van der Waals surface area contributed by atoms with Gasteiger partial charge in [0, 0.05) is 43.4 Å². The van der Waals surface area contributed by atoms with E-state index in [0.29, 0.717) is 19.0 Å². The molecule has 8 nitrogen and oxygen atoms in total. The van der Waals surface area contributed by atoms with Crippen LogP contribution in [0.5, 0.6) is 0 Å². The van der Waals surface area contributed by atoms with Gasteiger partial charge in [0.1, 0.15) is 5.82 Å². The Bertz CT molecular complexity index is 1260. The van der Waals surface area contributed by atoms with E-state index in [1.165, 1.54) is 6.92 Å². The van der Waals surface area contributed by atoms with E-state index in [2.05, 4.69) is 33.5 Å². The van der Waals surface area contributed by atoms with Gasteiger partial charge < -0.3 is 20.3 Å². The fourth-order valence-electron chi connectivity index (χ4n) is 4.49. The minimum absolute atomic E-state index is 0.0664. The summed E-state index contributed by atoms with van der Waals surface area (Å²) < 4.78 is 2.06. The predicted molar refractivity (Wildman–Crippen MR) is 120 cm³/mol. The van der Waals surface area contributed by atoms with Crippen molar-refractivity contribution < 1.29 is 9.90 Å². The topological polar surface area (TPSA) is 98.6 Å². The Morgan fingerprint density at radius 2 is 2.00 bits per heavy atom. The number of aliphatic hydroxyl groups is 1. The van der Waals surface area contributed by atoms with Gasteiger partial charge in [-0.1, -0.05) is 12.1 Å². The molecule has 5 rings (SSSR count). The van der Waals surface area contributed by atoms with E-state index in [1.807, 2.05) is 42.7 Å². The summed E-state index contributed by atoms with van der Waals surface area (Å²) >= 11 is 0. The molecule has 0 aliphatic carbocycles. The normalized spacial score (nSPS) is 19.1. The molecule has 4 heterocycles. The Balaban J connectivity index is 1.69. The van der Waals surface area contributed by atoms with Crippen LogP contribution < -0.4 is 5.32 Å². The summed E-state index contributed by atoms with van der Waals surface area (Å²) in [4.78, 5) is 26.7. The number of β-amino-alcohol motifs (C(OH)–C–C–N with tert-alkyl or cyclic N) is 1. The van der Waals surface area contributed by atoms with Gasteiger partial charge in [-0.25, -0.2) is 9.97 Å². The number of likely N-dealkylation sites (tertiary alicyclic amines) is 1. The van der Waals surface area contributed by atoms with Crippen LogP contribution in [0.15, 0.2) is 42.7 Å². The number of H-pyrrole nitrogens is 1. The lowest BCUT2D eigenvalue weighted by Crippen LogP contribution is -2.30. The lowest BCUT2D eigenvalue weighted by Gasteiger charge is -2.22. The van der Waals surface area contributed by atoms with E-state index < -0.39 is 6.10 Å². The Labute approximate surface area is 179 Å². The summed E-state index contributed by atoms with van der Waals surface area (Å²) in [6.45, 7) is 6.07. The van der Waals surface area contributed by atoms with Crippen LogP contribution in [0, 0.1) is 0 Å². The maximum atomic E-state index is 12.3. The molecule has 160 valence electrons. The molecule has 2 atom stereocenters. The van der Waals surface area contributed by atoms with Crippen LogP contribution in [-0.4, -0.2) is 54.0 Å². The van der Waals surface area contributed by atoms with Gasteiger partial charge in [0.05, 0.1) is 35.1 Å². The van der Waals surface area contributed by atoms with Crippen molar-refractivity contribution in [2.75, 3.05) is 11.9 Å². The third-order valence-corrected chi connectivity index (χ3v) is 5.79. The fraction of sp³-hybridized carbons (Fsp3) is 0.348. The molecule has 1 amide bonds. The second-order valence-corrected chi connectivity index (χ2v) is 8.46. The number of aromatic nitrogens is 4. The Hall–Kier alpha value is -3.39. The highest BCUT2D eigenvalue weighted by atomic mass is 16.3. The molecule has 0 saturated carbocycles. The number of benzene rings is 1. The molecule has 0 radical (unpaired) electrons. The molecule has 4 aromatic rings. The van der Waals surface area contributed by atoms with E-state index in [-0.39, 0.29) is 11.9 Å². The smallest absolute Gasteiger partial charge is 0.220 e. The second kappa shape index (κ2) is 7.39. The molecule has 1 fully saturated rings. The van der Waals surface area contributed by atoms with Gasteiger partial charge in [0.15, 0.2) is 5.65 Å². The number of hydrogen-bond donors (Lipinski definition) is 3. The number of carbonyl (C=O) groups is 1. The molecular weight excluding hydrogens is 392 g/mol. The first-order valence-corrected chi connectivity index (χ1v) is 10.6. The highest BCUT2D eigenvalue weighted by Crippen LogP contribution is 2.36. The van der Waals surface area contributed by atoms with Crippen molar-refractivity contribution in [3.05, 3.63) is 48.5 Å². The number of fused-ring (bicyclic) bond motifs is 3. The molecule has 3 N–H and O–H groups in total. The fourth-order valence-corrected chi connectivity index (χ4v) is 4.49. The largest absolute Gasteiger partial charge is 0.391 e. The number of nitrogens with one attached hydrogen (secondary N) is 2. The standard InChI is InChI=1S/C23H26N6O2/c1-13(2)26-16-6-4-15(5-7-16)21-20-11-25-22-18(8-9-24-22)29(20)23(27-21)19-10-17(31)12-28(19)14(3)30/h4-9,11,13,17,19,24,26,31H,10,12H2,1-3H3. The molecule has 2 unspecified atom stereocenters. The van der Waals surface area contributed by atoms with Gasteiger partial charge in [-0.2, -0.15) is 0 Å². The van der Waals surface area contributed by atoms with E-state index >= 15 is 0 Å². The molecule has 0 bridgehead atoms. The molecule has 3 aromatic heterocycles. The lowest BCUT2D eigenvalue weighted by molar-refractivity contribution is -0.130. The zero-order chi connectivity index (χ0) is 21.7. The van der Waals surface area contributed by atoms with Crippen LogP contribution in [0.2, 0.25) is 0 Å². The van der Waals surface area contributed by atoms with Gasteiger partial charge in [0.25, 0.3) is 0 Å². The minimum Gasteiger partial charge on any atom is -0.391 e. The van der Waals surface area contributed by atoms with Crippen molar-refractivity contribution >= 4 is 28.3 Å². The van der Waals surface area contributed by atoms with Crippen LogP contribution in [0.3, 0.4) is 0 Å². The molecule has 8 heteroatoms. The van der Waals surface area contributed by atoms with Crippen molar-refractivity contribution in [2.24, 2.45) is 0 Å². The summed E-state index contributed by atoms with van der Waals surface area (Å²) in [6, 6.07) is 10.2. The summed E-state index contributed by atoms with van der Waals surface area (Å²) in [5, 5.41) is 13.7. The van der Waals surface area contributed by atoms with Crippen molar-refractivity contribution in [3.8, 4) is 11.3 Å². The highest BCUT2D eigenvalue weighted by molar-refractivity contribution is 5.85. The van der Waals surface area contributed by atoms with Crippen LogP contribution in [-0.2, 0) is 4.79 Å². The van der Waals surface area contributed by atoms with Crippen molar-refractivity contribution in [2.45, 2.75) is 45.4 Å². The zero-order valence-corrected chi connectivity index (χ0v) is 17.8. The van der Waals surface area contributed by atoms with Gasteiger partial charge >= 0.3 is 0 Å². The third kappa shape index (κ3) is 3.33. The van der Waals surface area contributed by atoms with Crippen LogP contribution >= 0.6 is 0 Å². The number of anilines is 1. The monoisotopic (exact) mass is 418 g/mol. The van der Waals surface area contributed by atoms with E-state index in [9.17, 15) is 9.90 Å². The van der Waals surface area contributed by atoms with Crippen LogP contribution in [0.1, 0.15) is 39.1 Å². The molecule has 1 saturated heterocycles. The van der Waals surface area contributed by atoms with Crippen LogP contribution in [0.4, 0.5) is 5.69 Å². The first-order valence-electron chi connectivity index (χ1n) is 10.6. The number of aliphatic hydroxyl groups excluding tert-OH is 1. The molecule has 0 spiro atoms. The zero-order valence-electron chi connectivity index (χ0n) is 17.8. The predicted octanol–water partition coefficient (Wildman–Crippen LogP) is 3.35. The highest BCUT2D eigenvalue weighted by Gasteiger charge is 2.37. The van der Waals surface area contributed by atoms with Crippen LogP contribution in [0.25, 0.3) is 27.9 Å². The van der Waals surface area contributed by atoms with Crippen molar-refractivity contribution in [1.29, 1.82) is 0 Å². The number of amides is 1. The Kier molecular flexibility index (Phi) is 4.66. The van der Waals surface area contributed by atoms with Crippen molar-refractivity contribution in [3.63, 3.8) is 0 Å². The summed E-state index contributed by atoms with van der Waals surface area (Å²) in [7, 11) is 0. The summed E-state index contributed by atoms with van der Waals surface area (Å²) in [6.07, 6.45) is 3.56.